The minimum Gasteiger partial charge on any atom is -0.507 e. The Morgan fingerprint density at radius 1 is 1.10 bits per heavy atom. The Morgan fingerprint density at radius 3 is 2.41 bits per heavy atom. The predicted molar refractivity (Wildman–Crippen MR) is 114 cm³/mol. The second kappa shape index (κ2) is 8.73. The first-order chi connectivity index (χ1) is 13.9. The lowest BCUT2D eigenvalue weighted by molar-refractivity contribution is -0.118. The van der Waals surface area contributed by atoms with Gasteiger partial charge in [0.05, 0.1) is 11.3 Å². The molecule has 1 amide bonds. The van der Waals surface area contributed by atoms with Crippen molar-refractivity contribution >= 4 is 11.6 Å². The number of nitrogens with zero attached hydrogens (tertiary/aromatic N) is 2. The summed E-state index contributed by atoms with van der Waals surface area (Å²) in [7, 11) is 0. The molecular weight excluding hydrogens is 366 g/mol. The summed E-state index contributed by atoms with van der Waals surface area (Å²) in [6.45, 7) is 5.58. The van der Waals surface area contributed by atoms with Gasteiger partial charge in [-0.3, -0.25) is 14.2 Å². The third-order valence-corrected chi connectivity index (χ3v) is 4.73. The normalized spacial score (nSPS) is 10.9. The number of aryl methyl sites for hydroxylation is 2. The lowest BCUT2D eigenvalue weighted by Crippen LogP contribution is -2.31. The number of nitrogens with one attached hydrogen (secondary N) is 1. The highest BCUT2D eigenvalue weighted by atomic mass is 16.3. The summed E-state index contributed by atoms with van der Waals surface area (Å²) in [4.78, 5) is 30.1. The van der Waals surface area contributed by atoms with E-state index < -0.39 is 0 Å². The van der Waals surface area contributed by atoms with E-state index in [1.807, 2.05) is 30.3 Å². The molecule has 3 aromatic rings. The van der Waals surface area contributed by atoms with Crippen molar-refractivity contribution in [2.24, 2.45) is 5.92 Å². The predicted octanol–water partition coefficient (Wildman–Crippen LogP) is 3.76. The topological polar surface area (TPSA) is 84.2 Å². The Labute approximate surface area is 169 Å². The number of aromatic nitrogens is 2. The maximum Gasteiger partial charge on any atom is 0.277 e. The molecule has 0 radical (unpaired) electrons. The number of hydrogen-bond acceptors (Lipinski definition) is 4. The van der Waals surface area contributed by atoms with Crippen LogP contribution in [-0.2, 0) is 17.8 Å². The van der Waals surface area contributed by atoms with Crippen molar-refractivity contribution in [3.05, 3.63) is 76.2 Å². The highest BCUT2D eigenvalue weighted by Crippen LogP contribution is 2.28. The fourth-order valence-electron chi connectivity index (χ4n) is 3.03. The molecule has 1 heterocycles. The molecule has 0 aliphatic heterocycles. The average Bonchev–Trinajstić information content (AvgIpc) is 2.71. The number of anilines is 1. The van der Waals surface area contributed by atoms with Gasteiger partial charge in [-0.1, -0.05) is 56.3 Å². The van der Waals surface area contributed by atoms with Crippen LogP contribution in [0.5, 0.6) is 5.75 Å². The summed E-state index contributed by atoms with van der Waals surface area (Å²) in [5, 5.41) is 13.0. The number of para-hydroxylation sites is 1. The number of phenols is 1. The fraction of sp³-hybridized carbons (Fsp3) is 0.261. The smallest absolute Gasteiger partial charge is 0.277 e. The molecule has 6 heteroatoms. The molecule has 0 bridgehead atoms. The lowest BCUT2D eigenvalue weighted by atomic mass is 10.1. The van der Waals surface area contributed by atoms with Gasteiger partial charge in [0.1, 0.15) is 17.3 Å². The van der Waals surface area contributed by atoms with Crippen molar-refractivity contribution in [1.82, 2.24) is 9.55 Å². The Morgan fingerprint density at radius 2 is 1.76 bits per heavy atom. The van der Waals surface area contributed by atoms with Gasteiger partial charge in [0.25, 0.3) is 5.56 Å². The molecule has 0 unspecified atom stereocenters. The first-order valence-corrected chi connectivity index (χ1v) is 9.63. The van der Waals surface area contributed by atoms with E-state index in [-0.39, 0.29) is 28.8 Å². The SMILES string of the molecule is Cc1nc(-c2ccccc2O)n(CCc2ccccc2)c(=O)c1NC(=O)C(C)C. The monoisotopic (exact) mass is 391 g/mol. The molecule has 0 fully saturated rings. The van der Waals surface area contributed by atoms with E-state index in [2.05, 4.69) is 10.3 Å². The number of carbonyl (C=O) groups is 1. The Hall–Kier alpha value is -3.41. The summed E-state index contributed by atoms with van der Waals surface area (Å²) in [5.41, 5.74) is 1.81. The molecule has 0 atom stereocenters. The molecule has 150 valence electrons. The van der Waals surface area contributed by atoms with E-state index >= 15 is 0 Å². The van der Waals surface area contributed by atoms with Crippen LogP contribution < -0.4 is 10.9 Å². The van der Waals surface area contributed by atoms with E-state index in [1.165, 1.54) is 4.57 Å². The molecule has 0 aliphatic rings. The zero-order valence-corrected chi connectivity index (χ0v) is 16.8. The van der Waals surface area contributed by atoms with Crippen molar-refractivity contribution in [1.29, 1.82) is 0 Å². The standard InChI is InChI=1S/C23H25N3O3/c1-15(2)22(28)25-20-16(3)24-21(18-11-7-8-12-19(18)27)26(23(20)29)14-13-17-9-5-4-6-10-17/h4-12,15,27H,13-14H2,1-3H3,(H,25,28). The summed E-state index contributed by atoms with van der Waals surface area (Å²) in [5.74, 6) is -0.0726. The zero-order chi connectivity index (χ0) is 21.0. The van der Waals surface area contributed by atoms with Gasteiger partial charge in [-0.25, -0.2) is 4.98 Å². The molecule has 1 aromatic heterocycles. The second-order valence-electron chi connectivity index (χ2n) is 7.25. The van der Waals surface area contributed by atoms with Gasteiger partial charge in [0.2, 0.25) is 5.91 Å². The van der Waals surface area contributed by atoms with Crippen LogP contribution in [0, 0.1) is 12.8 Å². The number of rotatable bonds is 6. The van der Waals surface area contributed by atoms with Crippen LogP contribution in [0.4, 0.5) is 5.69 Å². The summed E-state index contributed by atoms with van der Waals surface area (Å²) in [6.07, 6.45) is 0.615. The lowest BCUT2D eigenvalue weighted by Gasteiger charge is -2.17. The number of amides is 1. The van der Waals surface area contributed by atoms with E-state index in [4.69, 9.17) is 0 Å². The molecule has 3 rings (SSSR count). The number of aromatic hydroxyl groups is 1. The quantitative estimate of drug-likeness (QED) is 0.670. The van der Waals surface area contributed by atoms with Gasteiger partial charge in [-0.15, -0.1) is 0 Å². The van der Waals surface area contributed by atoms with E-state index in [0.717, 1.165) is 5.56 Å². The first-order valence-electron chi connectivity index (χ1n) is 9.63. The van der Waals surface area contributed by atoms with Crippen LogP contribution in [0.25, 0.3) is 11.4 Å². The molecule has 0 saturated heterocycles. The fourth-order valence-corrected chi connectivity index (χ4v) is 3.03. The molecule has 0 aliphatic carbocycles. The molecule has 2 N–H and O–H groups in total. The molecule has 6 nitrogen and oxygen atoms in total. The van der Waals surface area contributed by atoms with Gasteiger partial charge < -0.3 is 10.4 Å². The zero-order valence-electron chi connectivity index (χ0n) is 16.8. The first kappa shape index (κ1) is 20.3. The van der Waals surface area contributed by atoms with Crippen molar-refractivity contribution in [2.75, 3.05) is 5.32 Å². The van der Waals surface area contributed by atoms with Crippen LogP contribution in [0.3, 0.4) is 0 Å². The third-order valence-electron chi connectivity index (χ3n) is 4.73. The average molecular weight is 391 g/mol. The van der Waals surface area contributed by atoms with Gasteiger partial charge in [-0.05, 0) is 31.0 Å². The Balaban J connectivity index is 2.11. The maximum atomic E-state index is 13.3. The molecule has 2 aromatic carbocycles. The van der Waals surface area contributed by atoms with Crippen LogP contribution in [0.15, 0.2) is 59.4 Å². The van der Waals surface area contributed by atoms with Crippen LogP contribution >= 0.6 is 0 Å². The van der Waals surface area contributed by atoms with Gasteiger partial charge >= 0.3 is 0 Å². The summed E-state index contributed by atoms with van der Waals surface area (Å²) >= 11 is 0. The number of hydrogen-bond donors (Lipinski definition) is 2. The summed E-state index contributed by atoms with van der Waals surface area (Å²) in [6, 6.07) is 16.6. The number of benzene rings is 2. The highest BCUT2D eigenvalue weighted by Gasteiger charge is 2.20. The minimum atomic E-state index is -0.333. The Bertz CT molecular complexity index is 1070. The molecule has 29 heavy (non-hydrogen) atoms. The number of phenolic OH excluding ortho intramolecular Hbond substituents is 1. The van der Waals surface area contributed by atoms with Crippen LogP contribution in [0.2, 0.25) is 0 Å². The van der Waals surface area contributed by atoms with Crippen molar-refractivity contribution < 1.29 is 9.90 Å². The maximum absolute atomic E-state index is 13.3. The highest BCUT2D eigenvalue weighted by molar-refractivity contribution is 5.92. The minimum absolute atomic E-state index is 0.0474. The largest absolute Gasteiger partial charge is 0.507 e. The van der Waals surface area contributed by atoms with Crippen LogP contribution in [-0.4, -0.2) is 20.6 Å². The van der Waals surface area contributed by atoms with Gasteiger partial charge in [0, 0.05) is 12.5 Å². The van der Waals surface area contributed by atoms with Crippen molar-refractivity contribution in [3.63, 3.8) is 0 Å². The molecular formula is C23H25N3O3. The summed E-state index contributed by atoms with van der Waals surface area (Å²) < 4.78 is 1.52. The molecule has 0 spiro atoms. The van der Waals surface area contributed by atoms with Gasteiger partial charge in [0.15, 0.2) is 0 Å². The van der Waals surface area contributed by atoms with Gasteiger partial charge in [-0.2, -0.15) is 0 Å². The second-order valence-corrected chi connectivity index (χ2v) is 7.25. The Kier molecular flexibility index (Phi) is 6.12. The van der Waals surface area contributed by atoms with E-state index in [1.54, 1.807) is 45.0 Å². The molecule has 0 saturated carbocycles. The van der Waals surface area contributed by atoms with Crippen molar-refractivity contribution in [2.45, 2.75) is 33.7 Å². The third kappa shape index (κ3) is 4.54. The number of carbonyl (C=O) groups excluding carboxylic acids is 1. The van der Waals surface area contributed by atoms with Crippen molar-refractivity contribution in [3.8, 4) is 17.1 Å². The van der Waals surface area contributed by atoms with E-state index in [0.29, 0.717) is 30.0 Å². The van der Waals surface area contributed by atoms with E-state index in [9.17, 15) is 14.7 Å². The van der Waals surface area contributed by atoms with Crippen LogP contribution in [0.1, 0.15) is 25.1 Å².